The SMILES string of the molecule is CC(NCCCC1CCNC1)c1nccs1. The Balaban J connectivity index is 1.57. The molecule has 1 fully saturated rings. The van der Waals surface area contributed by atoms with Gasteiger partial charge in [0.25, 0.3) is 0 Å². The van der Waals surface area contributed by atoms with Gasteiger partial charge in [0.1, 0.15) is 5.01 Å². The molecule has 2 heterocycles. The van der Waals surface area contributed by atoms with E-state index in [2.05, 4.69) is 22.5 Å². The fraction of sp³-hybridized carbons (Fsp3) is 0.750. The number of hydrogen-bond donors (Lipinski definition) is 2. The van der Waals surface area contributed by atoms with Crippen molar-refractivity contribution in [3.63, 3.8) is 0 Å². The van der Waals surface area contributed by atoms with Crippen LogP contribution in [0.5, 0.6) is 0 Å². The lowest BCUT2D eigenvalue weighted by atomic mass is 10.0. The molecule has 0 aliphatic carbocycles. The molecule has 90 valence electrons. The van der Waals surface area contributed by atoms with E-state index < -0.39 is 0 Å². The highest BCUT2D eigenvalue weighted by molar-refractivity contribution is 7.09. The van der Waals surface area contributed by atoms with Crippen LogP contribution >= 0.6 is 11.3 Å². The fourth-order valence-electron chi connectivity index (χ4n) is 2.21. The molecule has 1 aromatic heterocycles. The van der Waals surface area contributed by atoms with Crippen molar-refractivity contribution in [3.8, 4) is 0 Å². The maximum Gasteiger partial charge on any atom is 0.109 e. The highest BCUT2D eigenvalue weighted by Gasteiger charge is 2.13. The summed E-state index contributed by atoms with van der Waals surface area (Å²) in [6, 6.07) is 0.404. The molecule has 1 aliphatic heterocycles. The van der Waals surface area contributed by atoms with Gasteiger partial charge in [-0.15, -0.1) is 11.3 Å². The van der Waals surface area contributed by atoms with Gasteiger partial charge >= 0.3 is 0 Å². The Labute approximate surface area is 102 Å². The van der Waals surface area contributed by atoms with Crippen LogP contribution in [-0.4, -0.2) is 24.6 Å². The second-order valence-electron chi connectivity index (χ2n) is 4.55. The van der Waals surface area contributed by atoms with Crippen LogP contribution in [0, 0.1) is 5.92 Å². The number of nitrogens with one attached hydrogen (secondary N) is 2. The van der Waals surface area contributed by atoms with Crippen LogP contribution in [0.2, 0.25) is 0 Å². The number of nitrogens with zero attached hydrogens (tertiary/aromatic N) is 1. The third-order valence-electron chi connectivity index (χ3n) is 3.22. The van der Waals surface area contributed by atoms with Crippen LogP contribution in [0.25, 0.3) is 0 Å². The standard InChI is InChI=1S/C12H21N3S/c1-10(12-15-7-8-16-12)14-5-2-3-11-4-6-13-9-11/h7-8,10-11,13-14H,2-6,9H2,1H3. The molecule has 4 heteroatoms. The lowest BCUT2D eigenvalue weighted by Gasteiger charge is -2.12. The molecule has 0 spiro atoms. The van der Waals surface area contributed by atoms with E-state index in [1.54, 1.807) is 11.3 Å². The van der Waals surface area contributed by atoms with Crippen LogP contribution in [0.4, 0.5) is 0 Å². The number of thiazole rings is 1. The molecule has 1 saturated heterocycles. The Hall–Kier alpha value is -0.450. The fourth-order valence-corrected chi connectivity index (χ4v) is 2.88. The van der Waals surface area contributed by atoms with Crippen molar-refractivity contribution in [2.24, 2.45) is 5.92 Å². The lowest BCUT2D eigenvalue weighted by Crippen LogP contribution is -2.20. The van der Waals surface area contributed by atoms with Crippen molar-refractivity contribution >= 4 is 11.3 Å². The van der Waals surface area contributed by atoms with Crippen LogP contribution in [0.15, 0.2) is 11.6 Å². The molecule has 0 radical (unpaired) electrons. The Bertz CT molecular complexity index is 280. The number of rotatable bonds is 6. The molecule has 2 rings (SSSR count). The molecule has 0 bridgehead atoms. The van der Waals surface area contributed by atoms with Crippen LogP contribution in [0.3, 0.4) is 0 Å². The third-order valence-corrected chi connectivity index (χ3v) is 4.18. The summed E-state index contributed by atoms with van der Waals surface area (Å²) < 4.78 is 0. The monoisotopic (exact) mass is 239 g/mol. The van der Waals surface area contributed by atoms with Gasteiger partial charge in [0.2, 0.25) is 0 Å². The maximum atomic E-state index is 4.32. The second-order valence-corrected chi connectivity index (χ2v) is 5.47. The van der Waals surface area contributed by atoms with E-state index in [1.165, 1.54) is 37.4 Å². The minimum absolute atomic E-state index is 0.404. The summed E-state index contributed by atoms with van der Waals surface area (Å²) in [6.45, 7) is 5.74. The van der Waals surface area contributed by atoms with Gasteiger partial charge in [-0.3, -0.25) is 0 Å². The van der Waals surface area contributed by atoms with Gasteiger partial charge in [0.05, 0.1) is 6.04 Å². The minimum Gasteiger partial charge on any atom is -0.316 e. The first kappa shape index (κ1) is 12.0. The lowest BCUT2D eigenvalue weighted by molar-refractivity contribution is 0.473. The normalized spacial score (nSPS) is 22.4. The quantitative estimate of drug-likeness (QED) is 0.747. The highest BCUT2D eigenvalue weighted by Crippen LogP contribution is 2.16. The molecular formula is C12H21N3S. The molecule has 2 N–H and O–H groups in total. The Morgan fingerprint density at radius 2 is 2.62 bits per heavy atom. The van der Waals surface area contributed by atoms with Crippen molar-refractivity contribution in [2.75, 3.05) is 19.6 Å². The van der Waals surface area contributed by atoms with Crippen molar-refractivity contribution < 1.29 is 0 Å². The molecule has 1 aromatic rings. The van der Waals surface area contributed by atoms with E-state index in [4.69, 9.17) is 0 Å². The third kappa shape index (κ3) is 3.54. The summed E-state index contributed by atoms with van der Waals surface area (Å²) in [5.41, 5.74) is 0. The smallest absolute Gasteiger partial charge is 0.109 e. The van der Waals surface area contributed by atoms with Crippen molar-refractivity contribution in [2.45, 2.75) is 32.2 Å². The first-order chi connectivity index (χ1) is 7.86. The zero-order chi connectivity index (χ0) is 11.2. The van der Waals surface area contributed by atoms with E-state index in [1.807, 2.05) is 11.6 Å². The predicted molar refractivity (Wildman–Crippen MR) is 68.7 cm³/mol. The van der Waals surface area contributed by atoms with Crippen LogP contribution in [0.1, 0.15) is 37.2 Å². The van der Waals surface area contributed by atoms with Gasteiger partial charge in [0, 0.05) is 11.6 Å². The van der Waals surface area contributed by atoms with Crippen molar-refractivity contribution in [1.82, 2.24) is 15.6 Å². The van der Waals surface area contributed by atoms with Gasteiger partial charge < -0.3 is 10.6 Å². The topological polar surface area (TPSA) is 37.0 Å². The molecule has 2 atom stereocenters. The van der Waals surface area contributed by atoms with Gasteiger partial charge in [-0.05, 0) is 51.7 Å². The molecule has 2 unspecified atom stereocenters. The van der Waals surface area contributed by atoms with E-state index in [0.29, 0.717) is 6.04 Å². The zero-order valence-corrected chi connectivity index (χ0v) is 10.7. The van der Waals surface area contributed by atoms with E-state index in [-0.39, 0.29) is 0 Å². The van der Waals surface area contributed by atoms with E-state index in [0.717, 1.165) is 12.5 Å². The van der Waals surface area contributed by atoms with E-state index >= 15 is 0 Å². The first-order valence-electron chi connectivity index (χ1n) is 6.20. The van der Waals surface area contributed by atoms with Crippen molar-refractivity contribution in [1.29, 1.82) is 0 Å². The molecule has 0 saturated carbocycles. The first-order valence-corrected chi connectivity index (χ1v) is 7.07. The highest BCUT2D eigenvalue weighted by atomic mass is 32.1. The molecule has 1 aliphatic rings. The molecule has 16 heavy (non-hydrogen) atoms. The van der Waals surface area contributed by atoms with Gasteiger partial charge in [-0.1, -0.05) is 0 Å². The minimum atomic E-state index is 0.404. The molecule has 3 nitrogen and oxygen atoms in total. The van der Waals surface area contributed by atoms with E-state index in [9.17, 15) is 0 Å². The predicted octanol–water partition coefficient (Wildman–Crippen LogP) is 2.18. The molecular weight excluding hydrogens is 218 g/mol. The average Bonchev–Trinajstić information content (AvgIpc) is 2.96. The van der Waals surface area contributed by atoms with Crippen molar-refractivity contribution in [3.05, 3.63) is 16.6 Å². The number of aromatic nitrogens is 1. The summed E-state index contributed by atoms with van der Waals surface area (Å²) in [5, 5.41) is 10.2. The maximum absolute atomic E-state index is 4.32. The second kappa shape index (κ2) is 6.33. The summed E-state index contributed by atoms with van der Waals surface area (Å²) in [4.78, 5) is 4.32. The summed E-state index contributed by atoms with van der Waals surface area (Å²) in [7, 11) is 0. The largest absolute Gasteiger partial charge is 0.316 e. The van der Waals surface area contributed by atoms with Gasteiger partial charge in [-0.2, -0.15) is 0 Å². The summed E-state index contributed by atoms with van der Waals surface area (Å²) >= 11 is 1.73. The summed E-state index contributed by atoms with van der Waals surface area (Å²) in [5.74, 6) is 0.914. The van der Waals surface area contributed by atoms with Gasteiger partial charge in [-0.25, -0.2) is 4.98 Å². The number of hydrogen-bond acceptors (Lipinski definition) is 4. The van der Waals surface area contributed by atoms with Crippen LogP contribution in [-0.2, 0) is 0 Å². The van der Waals surface area contributed by atoms with Gasteiger partial charge in [0.15, 0.2) is 0 Å². The Morgan fingerprint density at radius 3 is 3.31 bits per heavy atom. The Morgan fingerprint density at radius 1 is 1.69 bits per heavy atom. The molecule has 0 aromatic carbocycles. The average molecular weight is 239 g/mol. The Kier molecular flexibility index (Phi) is 4.75. The zero-order valence-electron chi connectivity index (χ0n) is 9.91. The molecule has 0 amide bonds. The summed E-state index contributed by atoms with van der Waals surface area (Å²) in [6.07, 6.45) is 5.87. The van der Waals surface area contributed by atoms with Crippen LogP contribution < -0.4 is 10.6 Å².